The van der Waals surface area contributed by atoms with Gasteiger partial charge < -0.3 is 14.2 Å². The Hall–Kier alpha value is -4.19. The first kappa shape index (κ1) is 66.8. The molecular weight excluding hydrogens is 877 g/mol. The van der Waals surface area contributed by atoms with Gasteiger partial charge in [-0.1, -0.05) is 245 Å². The SMILES string of the molecule is CC\C=C/C=C\C=C/C=C\CCCCCCCC(=O)OCC(COC(=O)CCCCC/C=C\C/C=C\C/C=C\C/C=C\C/C=C\CC)OC(=O)CCCCCCCCC/C=C\CCCCCCCCCC. The summed E-state index contributed by atoms with van der Waals surface area (Å²) >= 11 is 0. The second-order valence-electron chi connectivity index (χ2n) is 18.9. The van der Waals surface area contributed by atoms with Crippen LogP contribution in [-0.2, 0) is 28.6 Å². The first-order valence-electron chi connectivity index (χ1n) is 29.1. The topological polar surface area (TPSA) is 78.9 Å². The van der Waals surface area contributed by atoms with Crippen LogP contribution in [-0.4, -0.2) is 37.2 Å². The van der Waals surface area contributed by atoms with Crippen LogP contribution in [0.2, 0.25) is 0 Å². The van der Waals surface area contributed by atoms with E-state index in [0.29, 0.717) is 19.3 Å². The van der Waals surface area contributed by atoms with Gasteiger partial charge in [0, 0.05) is 19.3 Å². The van der Waals surface area contributed by atoms with Gasteiger partial charge in [0.25, 0.3) is 0 Å². The summed E-state index contributed by atoms with van der Waals surface area (Å²) in [6, 6.07) is 0. The third-order valence-corrected chi connectivity index (χ3v) is 12.0. The van der Waals surface area contributed by atoms with Gasteiger partial charge in [0.05, 0.1) is 0 Å². The van der Waals surface area contributed by atoms with Crippen LogP contribution in [0.5, 0.6) is 0 Å². The van der Waals surface area contributed by atoms with Crippen LogP contribution in [0.1, 0.15) is 252 Å². The zero-order valence-corrected chi connectivity index (χ0v) is 45.9. The van der Waals surface area contributed by atoms with Crippen LogP contribution in [0.15, 0.2) is 122 Å². The van der Waals surface area contributed by atoms with Crippen molar-refractivity contribution in [1.29, 1.82) is 0 Å². The summed E-state index contributed by atoms with van der Waals surface area (Å²) in [4.78, 5) is 38.2. The second kappa shape index (κ2) is 58.4. The molecule has 0 aromatic rings. The molecule has 0 radical (unpaired) electrons. The Morgan fingerprint density at radius 3 is 1.06 bits per heavy atom. The molecule has 0 spiro atoms. The first-order chi connectivity index (χ1) is 35.0. The lowest BCUT2D eigenvalue weighted by Gasteiger charge is -2.18. The normalized spacial score (nSPS) is 13.0. The van der Waals surface area contributed by atoms with E-state index in [9.17, 15) is 14.4 Å². The van der Waals surface area contributed by atoms with Crippen molar-refractivity contribution in [2.45, 2.75) is 258 Å². The molecule has 0 amide bonds. The average molecular weight is 984 g/mol. The van der Waals surface area contributed by atoms with Crippen LogP contribution in [0.25, 0.3) is 0 Å². The van der Waals surface area contributed by atoms with Crippen molar-refractivity contribution >= 4 is 17.9 Å². The molecule has 1 unspecified atom stereocenters. The molecule has 0 aliphatic rings. The average Bonchev–Trinajstić information content (AvgIpc) is 3.37. The Kier molecular flexibility index (Phi) is 54.9. The summed E-state index contributed by atoms with van der Waals surface area (Å²) in [5.74, 6) is -0.964. The van der Waals surface area contributed by atoms with E-state index in [1.54, 1.807) is 0 Å². The quantitative estimate of drug-likeness (QED) is 0.0199. The van der Waals surface area contributed by atoms with Crippen LogP contribution in [0.4, 0.5) is 0 Å². The van der Waals surface area contributed by atoms with E-state index in [-0.39, 0.29) is 31.1 Å². The molecule has 0 saturated heterocycles. The van der Waals surface area contributed by atoms with Crippen LogP contribution < -0.4 is 0 Å². The zero-order chi connectivity index (χ0) is 51.4. The Morgan fingerprint density at radius 1 is 0.310 bits per heavy atom. The Bertz CT molecular complexity index is 1500. The van der Waals surface area contributed by atoms with E-state index >= 15 is 0 Å². The minimum atomic E-state index is -0.808. The fraction of sp³-hybridized carbons (Fsp3) is 0.646. The second-order valence-corrected chi connectivity index (χ2v) is 18.9. The highest BCUT2D eigenvalue weighted by Gasteiger charge is 2.19. The van der Waals surface area contributed by atoms with E-state index in [0.717, 1.165) is 122 Å². The van der Waals surface area contributed by atoms with Crippen molar-refractivity contribution in [2.24, 2.45) is 0 Å². The monoisotopic (exact) mass is 983 g/mol. The molecule has 6 nitrogen and oxygen atoms in total. The van der Waals surface area contributed by atoms with E-state index in [2.05, 4.69) is 124 Å². The predicted molar refractivity (Wildman–Crippen MR) is 306 cm³/mol. The summed E-state index contributed by atoms with van der Waals surface area (Å²) < 4.78 is 16.8. The largest absolute Gasteiger partial charge is 0.462 e. The molecule has 0 N–H and O–H groups in total. The molecular formula is C65H106O6. The third-order valence-electron chi connectivity index (χ3n) is 12.0. The van der Waals surface area contributed by atoms with Gasteiger partial charge in [-0.05, 0) is 109 Å². The van der Waals surface area contributed by atoms with Gasteiger partial charge in [-0.25, -0.2) is 0 Å². The van der Waals surface area contributed by atoms with Gasteiger partial charge in [-0.2, -0.15) is 0 Å². The van der Waals surface area contributed by atoms with Crippen molar-refractivity contribution in [3.63, 3.8) is 0 Å². The summed E-state index contributed by atoms with van der Waals surface area (Å²) in [6.07, 6.45) is 80.4. The number of allylic oxidation sites excluding steroid dienone is 20. The summed E-state index contributed by atoms with van der Waals surface area (Å²) in [7, 11) is 0. The maximum Gasteiger partial charge on any atom is 0.306 e. The Balaban J connectivity index is 4.49. The van der Waals surface area contributed by atoms with Crippen LogP contribution >= 0.6 is 0 Å². The Morgan fingerprint density at radius 2 is 0.620 bits per heavy atom. The van der Waals surface area contributed by atoms with Crippen molar-refractivity contribution in [1.82, 2.24) is 0 Å². The molecule has 1 atom stereocenters. The van der Waals surface area contributed by atoms with Crippen molar-refractivity contribution in [2.75, 3.05) is 13.2 Å². The van der Waals surface area contributed by atoms with Crippen molar-refractivity contribution < 1.29 is 28.6 Å². The lowest BCUT2D eigenvalue weighted by Crippen LogP contribution is -2.30. The van der Waals surface area contributed by atoms with Gasteiger partial charge in [0.2, 0.25) is 0 Å². The highest BCUT2D eigenvalue weighted by molar-refractivity contribution is 5.71. The summed E-state index contributed by atoms with van der Waals surface area (Å²) in [5.41, 5.74) is 0. The third kappa shape index (κ3) is 56.6. The molecule has 0 bridgehead atoms. The lowest BCUT2D eigenvalue weighted by molar-refractivity contribution is -0.167. The number of carbonyl (C=O) groups is 3. The van der Waals surface area contributed by atoms with E-state index in [4.69, 9.17) is 14.2 Å². The first-order valence-corrected chi connectivity index (χ1v) is 29.1. The molecule has 6 heteroatoms. The number of carbonyl (C=O) groups excluding carboxylic acids is 3. The number of hydrogen-bond acceptors (Lipinski definition) is 6. The van der Waals surface area contributed by atoms with Gasteiger partial charge in [0.1, 0.15) is 13.2 Å². The van der Waals surface area contributed by atoms with Gasteiger partial charge in [-0.15, -0.1) is 0 Å². The highest BCUT2D eigenvalue weighted by Crippen LogP contribution is 2.14. The standard InChI is InChI=1S/C65H106O6/c1-4-7-10-13-16-19-22-25-28-30-32-34-37-40-43-46-49-52-55-58-64(67)70-61-62(60-69-63(66)57-54-51-48-45-42-39-36-27-24-21-18-15-12-9-6-3)71-65(68)59-56-53-50-47-44-41-38-35-33-31-29-26-23-20-17-14-11-8-5-2/h7,9-10,12,15-16,18-19,21,24-25,27-28,31-34,36,40,43,62H,4-6,8,11,13-14,17,20,22-23,26,29-30,35,37-39,41-42,44-61H2,1-3H3/b10-7-,12-9-,18-15-,19-16-,24-21-,28-25-,33-31-,34-32-,36-27-,43-40-. The maximum atomic E-state index is 12.9. The number of hydrogen-bond donors (Lipinski definition) is 0. The minimum absolute atomic E-state index is 0.106. The van der Waals surface area contributed by atoms with Gasteiger partial charge >= 0.3 is 17.9 Å². The van der Waals surface area contributed by atoms with E-state index in [1.165, 1.54) is 89.9 Å². The minimum Gasteiger partial charge on any atom is -0.462 e. The number of unbranched alkanes of at least 4 members (excludes halogenated alkanes) is 23. The van der Waals surface area contributed by atoms with Crippen LogP contribution in [0, 0.1) is 0 Å². The molecule has 0 aromatic carbocycles. The molecule has 0 aliphatic carbocycles. The molecule has 402 valence electrons. The molecule has 0 fully saturated rings. The smallest absolute Gasteiger partial charge is 0.306 e. The van der Waals surface area contributed by atoms with E-state index < -0.39 is 6.10 Å². The van der Waals surface area contributed by atoms with Crippen LogP contribution in [0.3, 0.4) is 0 Å². The highest BCUT2D eigenvalue weighted by atomic mass is 16.6. The summed E-state index contributed by atoms with van der Waals surface area (Å²) in [5, 5.41) is 0. The molecule has 0 heterocycles. The number of esters is 3. The molecule has 71 heavy (non-hydrogen) atoms. The Labute approximate surface area is 437 Å². The van der Waals surface area contributed by atoms with E-state index in [1.807, 2.05) is 18.2 Å². The number of rotatable bonds is 51. The van der Waals surface area contributed by atoms with Gasteiger partial charge in [0.15, 0.2) is 6.10 Å². The van der Waals surface area contributed by atoms with Gasteiger partial charge in [-0.3, -0.25) is 14.4 Å². The summed E-state index contributed by atoms with van der Waals surface area (Å²) in [6.45, 7) is 6.34. The maximum absolute atomic E-state index is 12.9. The predicted octanol–water partition coefficient (Wildman–Crippen LogP) is 19.6. The lowest BCUT2D eigenvalue weighted by atomic mass is 10.1. The molecule has 0 rings (SSSR count). The van der Waals surface area contributed by atoms with Crippen molar-refractivity contribution in [3.05, 3.63) is 122 Å². The van der Waals surface area contributed by atoms with Crippen molar-refractivity contribution in [3.8, 4) is 0 Å². The molecule has 0 saturated carbocycles. The number of ether oxygens (including phenoxy) is 3. The zero-order valence-electron chi connectivity index (χ0n) is 45.9. The fourth-order valence-corrected chi connectivity index (χ4v) is 7.71. The fourth-order valence-electron chi connectivity index (χ4n) is 7.71. The molecule has 0 aliphatic heterocycles. The molecule has 0 aromatic heterocycles.